The van der Waals surface area contributed by atoms with Crippen LogP contribution in [0.2, 0.25) is 0 Å². The molecule has 0 aliphatic carbocycles. The van der Waals surface area contributed by atoms with E-state index in [4.69, 9.17) is 5.11 Å². The van der Waals surface area contributed by atoms with Gasteiger partial charge in [-0.1, -0.05) is 17.7 Å². The smallest absolute Gasteiger partial charge is 0.312 e. The third-order valence-corrected chi connectivity index (χ3v) is 2.76. The standard InChI is InChI=1S/C13H14N2O2/c1-9-3-5-11(6-4-9)15-12(7-8-14-15)10(2)13(16)17/h3-8,10H,1-2H3,(H,16,17). The van der Waals surface area contributed by atoms with E-state index >= 15 is 0 Å². The summed E-state index contributed by atoms with van der Waals surface area (Å²) in [5, 5.41) is 13.2. The summed E-state index contributed by atoms with van der Waals surface area (Å²) >= 11 is 0. The second-order valence-electron chi connectivity index (χ2n) is 4.06. The summed E-state index contributed by atoms with van der Waals surface area (Å²) < 4.78 is 1.66. The summed E-state index contributed by atoms with van der Waals surface area (Å²) in [6, 6.07) is 9.55. The molecule has 1 unspecified atom stereocenters. The van der Waals surface area contributed by atoms with Gasteiger partial charge in [-0.3, -0.25) is 4.79 Å². The molecular weight excluding hydrogens is 216 g/mol. The van der Waals surface area contributed by atoms with E-state index in [0.29, 0.717) is 5.69 Å². The van der Waals surface area contributed by atoms with E-state index in [1.165, 1.54) is 0 Å². The monoisotopic (exact) mass is 230 g/mol. The van der Waals surface area contributed by atoms with Crippen molar-refractivity contribution in [1.29, 1.82) is 0 Å². The Morgan fingerprint density at radius 3 is 2.53 bits per heavy atom. The van der Waals surface area contributed by atoms with Crippen molar-refractivity contribution in [2.45, 2.75) is 19.8 Å². The summed E-state index contributed by atoms with van der Waals surface area (Å²) in [6.45, 7) is 3.66. The average molecular weight is 230 g/mol. The van der Waals surface area contributed by atoms with Crippen LogP contribution in [0.3, 0.4) is 0 Å². The van der Waals surface area contributed by atoms with Crippen LogP contribution >= 0.6 is 0 Å². The minimum absolute atomic E-state index is 0.571. The molecule has 1 aromatic carbocycles. The van der Waals surface area contributed by atoms with Gasteiger partial charge in [0.1, 0.15) is 0 Å². The maximum absolute atomic E-state index is 11.0. The van der Waals surface area contributed by atoms with Gasteiger partial charge in [-0.15, -0.1) is 0 Å². The third kappa shape index (κ3) is 2.20. The molecule has 1 N–H and O–H groups in total. The molecule has 0 bridgehead atoms. The highest BCUT2D eigenvalue weighted by Gasteiger charge is 2.18. The number of aromatic nitrogens is 2. The number of hydrogen-bond acceptors (Lipinski definition) is 2. The largest absolute Gasteiger partial charge is 0.481 e. The maximum Gasteiger partial charge on any atom is 0.312 e. The van der Waals surface area contributed by atoms with E-state index in [0.717, 1.165) is 11.3 Å². The number of nitrogens with zero attached hydrogens (tertiary/aromatic N) is 2. The third-order valence-electron chi connectivity index (χ3n) is 2.76. The SMILES string of the molecule is Cc1ccc(-n2nccc2C(C)C(=O)O)cc1. The van der Waals surface area contributed by atoms with Gasteiger partial charge in [0.05, 0.1) is 17.3 Å². The average Bonchev–Trinajstić information content (AvgIpc) is 2.77. The summed E-state index contributed by atoms with van der Waals surface area (Å²) in [4.78, 5) is 11.0. The molecule has 2 rings (SSSR count). The summed E-state index contributed by atoms with van der Waals surface area (Å²) in [7, 11) is 0. The lowest BCUT2D eigenvalue weighted by molar-refractivity contribution is -0.138. The molecule has 4 heteroatoms. The van der Waals surface area contributed by atoms with Crippen molar-refractivity contribution in [2.24, 2.45) is 0 Å². The molecule has 0 aliphatic heterocycles. The fourth-order valence-electron chi connectivity index (χ4n) is 1.67. The van der Waals surface area contributed by atoms with E-state index in [-0.39, 0.29) is 0 Å². The van der Waals surface area contributed by atoms with Crippen LogP contribution in [0.15, 0.2) is 36.5 Å². The Bertz CT molecular complexity index is 529. The molecule has 1 atom stereocenters. The summed E-state index contributed by atoms with van der Waals surface area (Å²) in [6.07, 6.45) is 1.62. The van der Waals surface area contributed by atoms with Gasteiger partial charge in [0.15, 0.2) is 0 Å². The predicted octanol–water partition coefficient (Wildman–Crippen LogP) is 2.37. The van der Waals surface area contributed by atoms with Crippen LogP contribution in [-0.4, -0.2) is 20.9 Å². The molecule has 0 saturated carbocycles. The molecule has 0 spiro atoms. The topological polar surface area (TPSA) is 55.1 Å². The molecule has 1 aromatic heterocycles. The fraction of sp³-hybridized carbons (Fsp3) is 0.231. The summed E-state index contributed by atoms with van der Waals surface area (Å²) in [5.74, 6) is -1.42. The van der Waals surface area contributed by atoms with Crippen LogP contribution in [-0.2, 0) is 4.79 Å². The van der Waals surface area contributed by atoms with Crippen LogP contribution < -0.4 is 0 Å². The first-order valence-corrected chi connectivity index (χ1v) is 5.43. The molecule has 0 fully saturated rings. The Balaban J connectivity index is 2.43. The van der Waals surface area contributed by atoms with Crippen molar-refractivity contribution in [3.63, 3.8) is 0 Å². The fourth-order valence-corrected chi connectivity index (χ4v) is 1.67. The highest BCUT2D eigenvalue weighted by molar-refractivity contribution is 5.75. The number of aliphatic carboxylic acids is 1. The summed E-state index contributed by atoms with van der Waals surface area (Å²) in [5.41, 5.74) is 2.72. The second kappa shape index (κ2) is 4.41. The van der Waals surface area contributed by atoms with E-state index in [1.54, 1.807) is 23.9 Å². The van der Waals surface area contributed by atoms with E-state index in [1.807, 2.05) is 31.2 Å². The number of carboxylic acids is 1. The lowest BCUT2D eigenvalue weighted by atomic mass is 10.1. The number of hydrogen-bond donors (Lipinski definition) is 1. The molecular formula is C13H14N2O2. The van der Waals surface area contributed by atoms with Gasteiger partial charge in [-0.2, -0.15) is 5.10 Å². The number of rotatable bonds is 3. The zero-order valence-corrected chi connectivity index (χ0v) is 9.79. The van der Waals surface area contributed by atoms with Crippen LogP contribution in [0, 0.1) is 6.92 Å². The first kappa shape index (κ1) is 11.4. The second-order valence-corrected chi connectivity index (χ2v) is 4.06. The van der Waals surface area contributed by atoms with Crippen molar-refractivity contribution in [2.75, 3.05) is 0 Å². The van der Waals surface area contributed by atoms with Crippen LogP contribution in [0.5, 0.6) is 0 Å². The lowest BCUT2D eigenvalue weighted by Crippen LogP contribution is -2.13. The molecule has 88 valence electrons. The molecule has 0 amide bonds. The van der Waals surface area contributed by atoms with Gasteiger partial charge in [0.2, 0.25) is 0 Å². The minimum Gasteiger partial charge on any atom is -0.481 e. The molecule has 2 aromatic rings. The van der Waals surface area contributed by atoms with E-state index in [2.05, 4.69) is 5.10 Å². The van der Waals surface area contributed by atoms with Gasteiger partial charge in [-0.05, 0) is 32.0 Å². The molecule has 0 aliphatic rings. The van der Waals surface area contributed by atoms with Crippen molar-refractivity contribution in [3.8, 4) is 5.69 Å². The van der Waals surface area contributed by atoms with Gasteiger partial charge in [0, 0.05) is 6.20 Å². The zero-order valence-electron chi connectivity index (χ0n) is 9.79. The van der Waals surface area contributed by atoms with Gasteiger partial charge >= 0.3 is 5.97 Å². The molecule has 1 heterocycles. The molecule has 0 saturated heterocycles. The van der Waals surface area contributed by atoms with Crippen molar-refractivity contribution >= 4 is 5.97 Å². The number of carbonyl (C=O) groups is 1. The van der Waals surface area contributed by atoms with Crippen LogP contribution in [0.25, 0.3) is 5.69 Å². The Hall–Kier alpha value is -2.10. The Morgan fingerprint density at radius 1 is 1.29 bits per heavy atom. The Morgan fingerprint density at radius 2 is 1.94 bits per heavy atom. The quantitative estimate of drug-likeness (QED) is 0.880. The van der Waals surface area contributed by atoms with Crippen molar-refractivity contribution in [1.82, 2.24) is 9.78 Å². The Labute approximate surface area is 99.5 Å². The van der Waals surface area contributed by atoms with Crippen molar-refractivity contribution < 1.29 is 9.90 Å². The Kier molecular flexibility index (Phi) is 2.95. The zero-order chi connectivity index (χ0) is 12.4. The normalized spacial score (nSPS) is 12.4. The minimum atomic E-state index is -0.848. The highest BCUT2D eigenvalue weighted by Crippen LogP contribution is 2.19. The van der Waals surface area contributed by atoms with Gasteiger partial charge < -0.3 is 5.11 Å². The van der Waals surface area contributed by atoms with E-state index < -0.39 is 11.9 Å². The first-order valence-electron chi connectivity index (χ1n) is 5.43. The van der Waals surface area contributed by atoms with Crippen molar-refractivity contribution in [3.05, 3.63) is 47.8 Å². The maximum atomic E-state index is 11.0. The number of benzene rings is 1. The van der Waals surface area contributed by atoms with E-state index in [9.17, 15) is 4.79 Å². The number of aryl methyl sites for hydroxylation is 1. The number of carboxylic acid groups (broad SMARTS) is 1. The molecule has 0 radical (unpaired) electrons. The molecule has 4 nitrogen and oxygen atoms in total. The molecule has 17 heavy (non-hydrogen) atoms. The predicted molar refractivity (Wildman–Crippen MR) is 64.4 cm³/mol. The highest BCUT2D eigenvalue weighted by atomic mass is 16.4. The van der Waals surface area contributed by atoms with Crippen LogP contribution in [0.1, 0.15) is 24.1 Å². The van der Waals surface area contributed by atoms with Gasteiger partial charge in [0.25, 0.3) is 0 Å². The van der Waals surface area contributed by atoms with Crippen LogP contribution in [0.4, 0.5) is 0 Å². The first-order chi connectivity index (χ1) is 8.09. The van der Waals surface area contributed by atoms with Gasteiger partial charge in [-0.25, -0.2) is 4.68 Å². The lowest BCUT2D eigenvalue weighted by Gasteiger charge is -2.10.